The summed E-state index contributed by atoms with van der Waals surface area (Å²) in [5.41, 5.74) is 2.64. The van der Waals surface area contributed by atoms with Crippen molar-refractivity contribution >= 4 is 23.2 Å². The topological polar surface area (TPSA) is 46.9 Å². The first-order valence-corrected chi connectivity index (χ1v) is 9.31. The molecule has 3 aromatic rings. The predicted octanol–water partition coefficient (Wildman–Crippen LogP) is 5.73. The van der Waals surface area contributed by atoms with Crippen LogP contribution in [0.3, 0.4) is 0 Å². The van der Waals surface area contributed by atoms with Crippen LogP contribution in [0.1, 0.15) is 28.9 Å². The molecule has 0 spiro atoms. The van der Waals surface area contributed by atoms with Crippen LogP contribution in [0.25, 0.3) is 5.69 Å². The number of nitrogens with zero attached hydrogens (tertiary/aromatic N) is 2. The Morgan fingerprint density at radius 1 is 1.14 bits per heavy atom. The van der Waals surface area contributed by atoms with Gasteiger partial charge in [-0.1, -0.05) is 29.8 Å². The number of benzene rings is 2. The molecule has 0 fully saturated rings. The van der Waals surface area contributed by atoms with Gasteiger partial charge in [-0.2, -0.15) is 18.3 Å². The number of hydrogen-bond donors (Lipinski definition) is 1. The Balaban J connectivity index is 1.72. The van der Waals surface area contributed by atoms with Crippen LogP contribution in [0.5, 0.6) is 0 Å². The molecule has 1 aromatic heterocycles. The number of anilines is 1. The number of amides is 1. The van der Waals surface area contributed by atoms with E-state index in [4.69, 9.17) is 11.6 Å². The quantitative estimate of drug-likeness (QED) is 0.571. The van der Waals surface area contributed by atoms with Gasteiger partial charge in [0.05, 0.1) is 27.7 Å². The van der Waals surface area contributed by atoms with E-state index in [2.05, 4.69) is 10.4 Å². The molecule has 8 heteroatoms. The molecule has 1 amide bonds. The zero-order valence-corrected chi connectivity index (χ0v) is 16.6. The van der Waals surface area contributed by atoms with E-state index in [1.54, 1.807) is 0 Å². The maximum Gasteiger partial charge on any atom is 0.416 e. The molecule has 152 valence electrons. The molecule has 0 saturated heterocycles. The second kappa shape index (κ2) is 8.29. The molecule has 0 unspecified atom stereocenters. The second-order valence-corrected chi connectivity index (χ2v) is 7.04. The maximum absolute atomic E-state index is 12.9. The summed E-state index contributed by atoms with van der Waals surface area (Å²) < 4.78 is 40.4. The van der Waals surface area contributed by atoms with E-state index >= 15 is 0 Å². The zero-order valence-electron chi connectivity index (χ0n) is 15.8. The largest absolute Gasteiger partial charge is 0.416 e. The lowest BCUT2D eigenvalue weighted by Crippen LogP contribution is -2.14. The fourth-order valence-electron chi connectivity index (χ4n) is 3.11. The van der Waals surface area contributed by atoms with Crippen LogP contribution >= 0.6 is 11.6 Å². The van der Waals surface area contributed by atoms with Crippen molar-refractivity contribution in [2.24, 2.45) is 0 Å². The van der Waals surface area contributed by atoms with Gasteiger partial charge < -0.3 is 5.32 Å². The zero-order chi connectivity index (χ0) is 21.2. The molecule has 3 rings (SSSR count). The fourth-order valence-corrected chi connectivity index (χ4v) is 3.27. The molecule has 29 heavy (non-hydrogen) atoms. The van der Waals surface area contributed by atoms with Crippen molar-refractivity contribution in [1.29, 1.82) is 0 Å². The van der Waals surface area contributed by atoms with E-state index in [-0.39, 0.29) is 17.1 Å². The van der Waals surface area contributed by atoms with E-state index in [0.29, 0.717) is 6.42 Å². The van der Waals surface area contributed by atoms with Gasteiger partial charge in [0.15, 0.2) is 0 Å². The van der Waals surface area contributed by atoms with E-state index in [0.717, 1.165) is 40.8 Å². The van der Waals surface area contributed by atoms with Crippen LogP contribution in [0.2, 0.25) is 5.02 Å². The third-order valence-corrected chi connectivity index (χ3v) is 4.94. The molecule has 0 aliphatic heterocycles. The van der Waals surface area contributed by atoms with Gasteiger partial charge in [-0.15, -0.1) is 0 Å². The van der Waals surface area contributed by atoms with Crippen molar-refractivity contribution in [3.05, 3.63) is 76.1 Å². The van der Waals surface area contributed by atoms with Crippen molar-refractivity contribution in [2.45, 2.75) is 32.9 Å². The highest BCUT2D eigenvalue weighted by Crippen LogP contribution is 2.34. The van der Waals surface area contributed by atoms with Crippen molar-refractivity contribution in [1.82, 2.24) is 9.78 Å². The number of aryl methyl sites for hydroxylation is 1. The van der Waals surface area contributed by atoms with Gasteiger partial charge >= 0.3 is 6.18 Å². The number of carbonyl (C=O) groups is 1. The van der Waals surface area contributed by atoms with Crippen molar-refractivity contribution in [3.8, 4) is 5.69 Å². The Morgan fingerprint density at radius 2 is 1.83 bits per heavy atom. The first-order valence-electron chi connectivity index (χ1n) is 8.94. The van der Waals surface area contributed by atoms with Gasteiger partial charge in [0.25, 0.3) is 0 Å². The van der Waals surface area contributed by atoms with E-state index < -0.39 is 17.6 Å². The molecule has 2 aromatic carbocycles. The van der Waals surface area contributed by atoms with Crippen LogP contribution in [0.4, 0.5) is 18.9 Å². The van der Waals surface area contributed by atoms with E-state index in [1.165, 1.54) is 0 Å². The minimum atomic E-state index is -4.51. The molecule has 1 heterocycles. The average Bonchev–Trinajstić information content (AvgIpc) is 2.95. The van der Waals surface area contributed by atoms with Gasteiger partial charge in [-0.3, -0.25) is 4.79 Å². The molecular formula is C21H19ClF3N3O. The Hall–Kier alpha value is -2.80. The van der Waals surface area contributed by atoms with Crippen LogP contribution in [-0.4, -0.2) is 15.7 Å². The Morgan fingerprint density at radius 3 is 2.48 bits per heavy atom. The molecule has 0 atom stereocenters. The number of alkyl halides is 3. The highest BCUT2D eigenvalue weighted by atomic mass is 35.5. The third-order valence-electron chi connectivity index (χ3n) is 4.61. The van der Waals surface area contributed by atoms with Crippen LogP contribution < -0.4 is 5.32 Å². The number of rotatable bonds is 5. The number of para-hydroxylation sites is 1. The molecule has 0 bridgehead atoms. The molecule has 0 aliphatic rings. The summed E-state index contributed by atoms with van der Waals surface area (Å²) in [5.74, 6) is -0.419. The summed E-state index contributed by atoms with van der Waals surface area (Å²) in [4.78, 5) is 12.3. The van der Waals surface area contributed by atoms with Gasteiger partial charge in [-0.25, -0.2) is 4.68 Å². The number of hydrogen-bond acceptors (Lipinski definition) is 2. The Kier molecular flexibility index (Phi) is 5.98. The van der Waals surface area contributed by atoms with Crippen molar-refractivity contribution in [3.63, 3.8) is 0 Å². The average molecular weight is 422 g/mol. The fraction of sp³-hybridized carbons (Fsp3) is 0.238. The van der Waals surface area contributed by atoms with E-state index in [9.17, 15) is 18.0 Å². The lowest BCUT2D eigenvalue weighted by atomic mass is 10.1. The molecule has 0 saturated carbocycles. The molecule has 0 radical (unpaired) electrons. The summed E-state index contributed by atoms with van der Waals surface area (Å²) in [7, 11) is 0. The SMILES string of the molecule is Cc1nn(-c2ccccc2)c(C)c1CCC(=O)Nc1cc(C(F)(F)F)ccc1Cl. The van der Waals surface area contributed by atoms with Crippen molar-refractivity contribution < 1.29 is 18.0 Å². The first kappa shape index (κ1) is 20.9. The number of nitrogens with one attached hydrogen (secondary N) is 1. The van der Waals surface area contributed by atoms with E-state index in [1.807, 2.05) is 48.9 Å². The number of aromatic nitrogens is 2. The summed E-state index contributed by atoms with van der Waals surface area (Å²) in [6, 6.07) is 12.5. The summed E-state index contributed by atoms with van der Waals surface area (Å²) >= 11 is 5.93. The normalized spacial score (nSPS) is 11.5. The van der Waals surface area contributed by atoms with Crippen LogP contribution in [-0.2, 0) is 17.4 Å². The smallest absolute Gasteiger partial charge is 0.325 e. The molecular weight excluding hydrogens is 403 g/mol. The molecule has 0 aliphatic carbocycles. The van der Waals surface area contributed by atoms with Crippen LogP contribution in [0, 0.1) is 13.8 Å². The Labute approximate surface area is 171 Å². The van der Waals surface area contributed by atoms with Crippen molar-refractivity contribution in [2.75, 3.05) is 5.32 Å². The third kappa shape index (κ3) is 4.79. The molecule has 4 nitrogen and oxygen atoms in total. The summed E-state index contributed by atoms with van der Waals surface area (Å²) in [6.07, 6.45) is -4.01. The van der Waals surface area contributed by atoms with Gasteiger partial charge in [0.2, 0.25) is 5.91 Å². The van der Waals surface area contributed by atoms with Crippen LogP contribution in [0.15, 0.2) is 48.5 Å². The molecule has 1 N–H and O–H groups in total. The minimum absolute atomic E-state index is 0.0515. The lowest BCUT2D eigenvalue weighted by molar-refractivity contribution is -0.137. The number of halogens is 4. The standard InChI is InChI=1S/C21H19ClF3N3O/c1-13-17(14(2)28(27-13)16-6-4-3-5-7-16)9-11-20(29)26-19-12-15(21(23,24)25)8-10-18(19)22/h3-8,10,12H,9,11H2,1-2H3,(H,26,29). The predicted molar refractivity (Wildman–Crippen MR) is 106 cm³/mol. The lowest BCUT2D eigenvalue weighted by Gasteiger charge is -2.12. The number of carbonyl (C=O) groups excluding carboxylic acids is 1. The maximum atomic E-state index is 12.9. The minimum Gasteiger partial charge on any atom is -0.325 e. The van der Waals surface area contributed by atoms with Gasteiger partial charge in [0.1, 0.15) is 0 Å². The second-order valence-electron chi connectivity index (χ2n) is 6.64. The Bertz CT molecular complexity index is 1030. The highest BCUT2D eigenvalue weighted by molar-refractivity contribution is 6.33. The summed E-state index contributed by atoms with van der Waals surface area (Å²) in [5, 5.41) is 7.06. The monoisotopic (exact) mass is 421 g/mol. The highest BCUT2D eigenvalue weighted by Gasteiger charge is 2.31. The first-order chi connectivity index (χ1) is 13.7. The van der Waals surface area contributed by atoms with Gasteiger partial charge in [0, 0.05) is 12.1 Å². The van der Waals surface area contributed by atoms with Gasteiger partial charge in [-0.05, 0) is 56.2 Å². The summed E-state index contributed by atoms with van der Waals surface area (Å²) in [6.45, 7) is 3.78.